The number of nitriles is 1. The Labute approximate surface area is 496 Å². The predicted octanol–water partition coefficient (Wildman–Crippen LogP) is 10.6. The fraction of sp³-hybridized carbons (Fsp3) is 0.528. The minimum atomic E-state index is -4.19. The Kier molecular flexibility index (Phi) is 45.2. The van der Waals surface area contributed by atoms with E-state index in [1.807, 2.05) is 57.4 Å². The van der Waals surface area contributed by atoms with Crippen LogP contribution in [0.15, 0.2) is 72.8 Å². The van der Waals surface area contributed by atoms with E-state index in [-0.39, 0.29) is 81.4 Å². The largest absolute Gasteiger partial charge is 0.748 e. The number of rotatable bonds is 15. The van der Waals surface area contributed by atoms with E-state index < -0.39 is 46.2 Å². The molecule has 5 rings (SSSR count). The summed E-state index contributed by atoms with van der Waals surface area (Å²) < 4.78 is 118. The molecule has 1 fully saturated rings. The lowest BCUT2D eigenvalue weighted by molar-refractivity contribution is 0.354. The molecule has 0 bridgehead atoms. The van der Waals surface area contributed by atoms with Crippen LogP contribution >= 0.6 is 46.6 Å². The lowest BCUT2D eigenvalue weighted by atomic mass is 10.0. The van der Waals surface area contributed by atoms with Crippen molar-refractivity contribution >= 4 is 104 Å². The summed E-state index contributed by atoms with van der Waals surface area (Å²) in [6.45, 7) is 15.3. The van der Waals surface area contributed by atoms with Gasteiger partial charge in [0.15, 0.2) is 11.5 Å². The van der Waals surface area contributed by atoms with Crippen LogP contribution in [-0.4, -0.2) is 133 Å². The van der Waals surface area contributed by atoms with Gasteiger partial charge in [-0.15, -0.1) is 24.0 Å². The second-order valence-corrected chi connectivity index (χ2v) is 24.5. The maximum atomic E-state index is 10.6. The third kappa shape index (κ3) is 41.5. The number of hydrogen-bond donors (Lipinski definition) is 4. The second-order valence-electron chi connectivity index (χ2n) is 18.2. The van der Waals surface area contributed by atoms with Crippen molar-refractivity contribution in [1.29, 1.82) is 5.26 Å². The molecule has 4 aromatic carbocycles. The number of aryl methyl sites for hydroxylation is 7. The van der Waals surface area contributed by atoms with Gasteiger partial charge >= 0.3 is 0 Å². The zero-order chi connectivity index (χ0) is 57.0. The molecule has 0 aliphatic carbocycles. The number of halogens is 2. The van der Waals surface area contributed by atoms with Crippen LogP contribution in [0, 0.1) is 52.9 Å². The summed E-state index contributed by atoms with van der Waals surface area (Å²) in [7, 11) is -7.46. The molecule has 5 N–H and O–H groups in total. The van der Waals surface area contributed by atoms with Crippen LogP contribution in [0.1, 0.15) is 100 Å². The molecule has 0 amide bonds. The summed E-state index contributed by atoms with van der Waals surface area (Å²) in [6.07, 6.45) is 3.42. The Morgan fingerprint density at radius 3 is 1.38 bits per heavy atom. The molecular weight excluding hydrogens is 1300 g/mol. The van der Waals surface area contributed by atoms with Crippen molar-refractivity contribution in [2.24, 2.45) is 0 Å². The lowest BCUT2D eigenvalue weighted by Gasteiger charge is -2.30. The number of phenolic OH excluding ortho intramolecular Hbond substituents is 2. The number of alkyl halides is 1. The molecule has 1 aliphatic rings. The van der Waals surface area contributed by atoms with Crippen LogP contribution in [0.3, 0.4) is 0 Å². The number of nitrogens with zero attached hydrogens (tertiary/aromatic N) is 3. The van der Waals surface area contributed by atoms with Gasteiger partial charge in [-0.25, -0.2) is 16.8 Å². The zero-order valence-corrected chi connectivity index (χ0v) is 52.5. The molecule has 1 saturated heterocycles. The van der Waals surface area contributed by atoms with E-state index >= 15 is 0 Å². The van der Waals surface area contributed by atoms with Crippen LogP contribution < -0.4 is 14.7 Å². The van der Waals surface area contributed by atoms with E-state index in [0.717, 1.165) is 24.2 Å². The Morgan fingerprint density at radius 1 is 0.636 bits per heavy atom. The van der Waals surface area contributed by atoms with Gasteiger partial charge in [0.05, 0.1) is 85.7 Å². The highest BCUT2D eigenvalue weighted by molar-refractivity contribution is 14.1. The van der Waals surface area contributed by atoms with Gasteiger partial charge in [0.1, 0.15) is 11.4 Å². The number of unbranched alkanes of at least 4 members (excludes halogenated alkanes) is 1. The number of quaternary nitrogens is 2. The van der Waals surface area contributed by atoms with E-state index in [4.69, 9.17) is 15.5 Å². The van der Waals surface area contributed by atoms with Crippen LogP contribution in [0.5, 0.6) is 11.5 Å². The smallest absolute Gasteiger partial charge is 0.267 e. The standard InChI is InChI=1S/C13H21NO3S.C12H18O3S.C11H17NO5S.C8H11N.C3H6O3S.C2H3N.CH3I.3CH4.HI/c1-11-6-7-13(10-12(11)2)14(3,4)8-5-9-18(15,16)17;1-10-6-7-12(9-11(10)2)5-3-4-8-16(13,14)15;1-12(2,6-3-7-18(15,16)17)9-4-5-10(13)11(14)8-9;1-6-3-4-8(9)5-7(6)2;4-7(5)3-1-2-6-7;1-2-3;1-2;;;;/h6-7,10H,5,8-9H2,1-4H3;6-7,9H,3-5,8H2,1-2H3,(H,13,14,15);4-5,8H,3,6-7H2,1-2H3,(H2-,13,14,15,16,17);3-5H,9H2,1-2H3;1-3H2;1H3;1H3;3*1H4;1H. The molecule has 0 unspecified atom stereocenters. The first kappa shape index (κ1) is 85.1. The highest BCUT2D eigenvalue weighted by Crippen LogP contribution is 2.31. The molecule has 0 spiro atoms. The highest BCUT2D eigenvalue weighted by atomic mass is 127. The fourth-order valence-electron chi connectivity index (χ4n) is 6.34. The number of hydrogen-bond acceptors (Lipinski definition) is 15. The molecule has 1 heterocycles. The topological polar surface area (TPSA) is 302 Å². The number of nitrogen functional groups attached to an aromatic ring is 1. The van der Waals surface area contributed by atoms with Crippen molar-refractivity contribution in [1.82, 2.24) is 8.97 Å². The van der Waals surface area contributed by atoms with E-state index in [1.54, 1.807) is 12.1 Å². The summed E-state index contributed by atoms with van der Waals surface area (Å²) >= 11 is 2.15. The molecule has 0 aromatic heterocycles. The minimum Gasteiger partial charge on any atom is -0.748 e. The maximum Gasteiger partial charge on any atom is 0.267 e. The van der Waals surface area contributed by atoms with E-state index in [1.165, 1.54) is 58.0 Å². The minimum absolute atomic E-state index is 0. The zero-order valence-electron chi connectivity index (χ0n) is 44.8. The van der Waals surface area contributed by atoms with Crippen LogP contribution in [0.25, 0.3) is 0 Å². The number of anilines is 1. The van der Waals surface area contributed by atoms with Gasteiger partial charge in [0.2, 0.25) is 0 Å². The van der Waals surface area contributed by atoms with Gasteiger partial charge in [0, 0.05) is 55.2 Å². The van der Waals surface area contributed by atoms with Gasteiger partial charge in [-0.05, 0) is 135 Å². The monoisotopic (exact) mass is 1390 g/mol. The molecule has 0 atom stereocenters. The van der Waals surface area contributed by atoms with Gasteiger partial charge in [-0.2, -0.15) is 22.1 Å². The summed E-state index contributed by atoms with van der Waals surface area (Å²) in [6, 6.07) is 24.6. The summed E-state index contributed by atoms with van der Waals surface area (Å²) in [5, 5.41) is 25.9. The molecular formula is C53H92I2N4O14S4. The van der Waals surface area contributed by atoms with Crippen LogP contribution in [-0.2, 0) is 51.1 Å². The fourth-order valence-corrected chi connectivity index (χ4v) is 8.83. The quantitative estimate of drug-likeness (QED) is 0.0126. The van der Waals surface area contributed by atoms with Crippen molar-refractivity contribution in [2.45, 2.75) is 109 Å². The molecule has 18 nitrogen and oxygen atoms in total. The molecule has 1 aliphatic heterocycles. The first-order valence-electron chi connectivity index (χ1n) is 23.0. The van der Waals surface area contributed by atoms with Crippen LogP contribution in [0.4, 0.5) is 17.1 Å². The SMILES string of the molecule is C.C.C.CC#N.CI.C[N+](C)(CCCS(=O)(=O)[O-])c1ccc(O)c(O)c1.Cc1ccc(CCCCS(=O)(=O)O)cc1C.Cc1ccc(N)cc1C.Cc1ccc([N+](C)(C)CCCS(=O)(=O)[O-])cc1C.I.O=S1(=O)CCCO1. The first-order chi connectivity index (χ1) is 33.4. The van der Waals surface area contributed by atoms with Crippen molar-refractivity contribution in [3.63, 3.8) is 0 Å². The van der Waals surface area contributed by atoms with Gasteiger partial charge < -0.3 is 25.1 Å². The van der Waals surface area contributed by atoms with Gasteiger partial charge in [-0.1, -0.05) is 75.2 Å². The maximum absolute atomic E-state index is 10.6. The molecule has 0 saturated carbocycles. The molecule has 0 radical (unpaired) electrons. The third-order valence-corrected chi connectivity index (χ3v) is 14.8. The lowest BCUT2D eigenvalue weighted by Crippen LogP contribution is -2.42. The average Bonchev–Trinajstić information content (AvgIpc) is 3.68. The number of phenols is 2. The Morgan fingerprint density at radius 2 is 1.04 bits per heavy atom. The van der Waals surface area contributed by atoms with E-state index in [0.29, 0.717) is 53.6 Å². The van der Waals surface area contributed by atoms with Crippen LogP contribution in [0.2, 0.25) is 0 Å². The Bertz CT molecular complexity index is 2700. The van der Waals surface area contributed by atoms with Crippen molar-refractivity contribution in [3.8, 4) is 17.6 Å². The van der Waals surface area contributed by atoms with Crippen molar-refractivity contribution in [3.05, 3.63) is 112 Å². The van der Waals surface area contributed by atoms with Gasteiger partial charge in [-0.3, -0.25) is 17.7 Å². The van der Waals surface area contributed by atoms with Gasteiger partial charge in [0.25, 0.3) is 20.2 Å². The Hall–Kier alpha value is -3.21. The van der Waals surface area contributed by atoms with E-state index in [2.05, 4.69) is 98.6 Å². The number of aromatic hydroxyl groups is 2. The highest BCUT2D eigenvalue weighted by Gasteiger charge is 2.21. The summed E-state index contributed by atoms with van der Waals surface area (Å²) in [5.74, 6) is -1.07. The number of benzene rings is 4. The second kappa shape index (κ2) is 40.9. The third-order valence-electron chi connectivity index (χ3n) is 11.1. The Balaban J connectivity index is -0.000000203. The molecule has 77 heavy (non-hydrogen) atoms. The molecule has 24 heteroatoms. The first-order valence-corrected chi connectivity index (χ1v) is 31.5. The summed E-state index contributed by atoms with van der Waals surface area (Å²) in [4.78, 5) is 1.97. The predicted molar refractivity (Wildman–Crippen MR) is 338 cm³/mol. The summed E-state index contributed by atoms with van der Waals surface area (Å²) in [5.41, 5.74) is 17.0. The normalized spacial score (nSPS) is 12.2. The van der Waals surface area contributed by atoms with Crippen molar-refractivity contribution in [2.75, 3.05) is 81.6 Å². The average molecular weight is 1390 g/mol. The number of nitrogens with two attached hydrogens (primary N) is 1. The molecule has 446 valence electrons. The van der Waals surface area contributed by atoms with Crippen molar-refractivity contribution < 1.29 is 61.7 Å². The molecule has 4 aromatic rings. The van der Waals surface area contributed by atoms with E-state index in [9.17, 15) is 53.0 Å².